The number of aromatic hydroxyl groups is 1. The van der Waals surface area contributed by atoms with Crippen LogP contribution in [-0.4, -0.2) is 26.4 Å². The quantitative estimate of drug-likeness (QED) is 0.588. The number of ether oxygens (including phenoxy) is 1. The Hall–Kier alpha value is -2.14. The molecule has 0 radical (unpaired) electrons. The van der Waals surface area contributed by atoms with Crippen molar-refractivity contribution in [2.75, 3.05) is 5.75 Å². The molecular weight excluding hydrogens is 356 g/mol. The van der Waals surface area contributed by atoms with Gasteiger partial charge in [0.05, 0.1) is 11.0 Å². The molecule has 0 aliphatic carbocycles. The number of aromatic amines is 1. The Balaban J connectivity index is 1.47. The number of nitrogens with zero attached hydrogens (tertiary/aromatic N) is 1. The highest BCUT2D eigenvalue weighted by Crippen LogP contribution is 2.44. The van der Waals surface area contributed by atoms with E-state index in [4.69, 9.17) is 4.74 Å². The molecule has 0 spiro atoms. The maximum atomic E-state index is 10.3. The molecule has 0 saturated carbocycles. The normalized spacial score (nSPS) is 19.1. The van der Waals surface area contributed by atoms with Crippen LogP contribution in [0.4, 0.5) is 0 Å². The molecule has 142 valence electrons. The highest BCUT2D eigenvalue weighted by Gasteiger charge is 2.34. The van der Waals surface area contributed by atoms with Crippen molar-refractivity contribution in [2.24, 2.45) is 0 Å². The monoisotopic (exact) mass is 382 g/mol. The molecule has 1 aliphatic rings. The van der Waals surface area contributed by atoms with Gasteiger partial charge in [-0.1, -0.05) is 23.9 Å². The fourth-order valence-electron chi connectivity index (χ4n) is 3.83. The summed E-state index contributed by atoms with van der Waals surface area (Å²) in [6.45, 7) is 8.20. The van der Waals surface area contributed by atoms with Crippen molar-refractivity contribution in [3.05, 3.63) is 46.5 Å². The first kappa shape index (κ1) is 18.2. The van der Waals surface area contributed by atoms with Gasteiger partial charge in [-0.05, 0) is 75.8 Å². The van der Waals surface area contributed by atoms with Crippen molar-refractivity contribution < 1.29 is 9.84 Å². The Labute approximate surface area is 164 Å². The van der Waals surface area contributed by atoms with Crippen LogP contribution in [0.3, 0.4) is 0 Å². The van der Waals surface area contributed by atoms with E-state index in [1.165, 1.54) is 0 Å². The van der Waals surface area contributed by atoms with Crippen LogP contribution < -0.4 is 4.74 Å². The lowest BCUT2D eigenvalue weighted by Crippen LogP contribution is -2.37. The van der Waals surface area contributed by atoms with Gasteiger partial charge in [-0.25, -0.2) is 4.98 Å². The Morgan fingerprint density at radius 2 is 1.96 bits per heavy atom. The molecule has 0 saturated heterocycles. The van der Waals surface area contributed by atoms with Crippen LogP contribution in [0.25, 0.3) is 11.0 Å². The van der Waals surface area contributed by atoms with Gasteiger partial charge < -0.3 is 14.8 Å². The van der Waals surface area contributed by atoms with Gasteiger partial charge in [0.2, 0.25) is 0 Å². The lowest BCUT2D eigenvalue weighted by Gasteiger charge is -2.38. The summed E-state index contributed by atoms with van der Waals surface area (Å²) >= 11 is 1.75. The number of hydrogen-bond acceptors (Lipinski definition) is 4. The highest BCUT2D eigenvalue weighted by atomic mass is 32.2. The van der Waals surface area contributed by atoms with Gasteiger partial charge >= 0.3 is 0 Å². The minimum absolute atomic E-state index is 0.188. The van der Waals surface area contributed by atoms with Gasteiger partial charge in [-0.2, -0.15) is 0 Å². The molecule has 1 unspecified atom stereocenters. The summed E-state index contributed by atoms with van der Waals surface area (Å²) in [4.78, 5) is 8.01. The fraction of sp³-hybridized carbons (Fsp3) is 0.409. The van der Waals surface area contributed by atoms with Crippen LogP contribution in [0, 0.1) is 20.8 Å². The number of imidazole rings is 1. The lowest BCUT2D eigenvalue weighted by atomic mass is 9.86. The topological polar surface area (TPSA) is 58.1 Å². The number of rotatable bonds is 4. The number of benzene rings is 2. The first-order chi connectivity index (χ1) is 12.9. The number of phenols is 1. The Morgan fingerprint density at radius 1 is 1.19 bits per heavy atom. The number of hydrogen-bond donors (Lipinski definition) is 2. The van der Waals surface area contributed by atoms with E-state index in [2.05, 4.69) is 23.0 Å². The SMILES string of the molecule is Cc1c(C)c2c(c(C)c1O)CCC(C)(CCSc1nc3ccccc3[nH]1)O2. The molecule has 0 bridgehead atoms. The molecule has 5 heteroatoms. The number of phenolic OH excluding ortho intramolecular Hbond substituents is 1. The molecule has 4 rings (SSSR count). The average Bonchev–Trinajstić information content (AvgIpc) is 3.07. The number of H-pyrrole nitrogens is 1. The van der Waals surface area contributed by atoms with Gasteiger partial charge in [0, 0.05) is 11.3 Å². The first-order valence-corrected chi connectivity index (χ1v) is 10.4. The summed E-state index contributed by atoms with van der Waals surface area (Å²) in [5, 5.41) is 11.3. The van der Waals surface area contributed by atoms with E-state index in [1.807, 2.05) is 39.0 Å². The van der Waals surface area contributed by atoms with E-state index in [-0.39, 0.29) is 5.60 Å². The second-order valence-electron chi connectivity index (χ2n) is 7.74. The van der Waals surface area contributed by atoms with Crippen molar-refractivity contribution in [1.29, 1.82) is 0 Å². The molecule has 0 amide bonds. The molecule has 3 aromatic rings. The largest absolute Gasteiger partial charge is 0.507 e. The summed E-state index contributed by atoms with van der Waals surface area (Å²) in [5.74, 6) is 2.34. The van der Waals surface area contributed by atoms with Gasteiger partial charge in [0.15, 0.2) is 5.16 Å². The van der Waals surface area contributed by atoms with Crippen molar-refractivity contribution in [3.63, 3.8) is 0 Å². The molecule has 0 fully saturated rings. The molecule has 2 aromatic carbocycles. The maximum Gasteiger partial charge on any atom is 0.166 e. The molecule has 2 N–H and O–H groups in total. The third kappa shape index (κ3) is 3.29. The third-order valence-electron chi connectivity index (χ3n) is 5.83. The van der Waals surface area contributed by atoms with E-state index in [1.54, 1.807) is 11.8 Å². The number of fused-ring (bicyclic) bond motifs is 2. The zero-order valence-electron chi connectivity index (χ0n) is 16.3. The first-order valence-electron chi connectivity index (χ1n) is 9.46. The van der Waals surface area contributed by atoms with Crippen LogP contribution in [0.5, 0.6) is 11.5 Å². The minimum Gasteiger partial charge on any atom is -0.507 e. The molecule has 1 atom stereocenters. The predicted octanol–water partition coefficient (Wildman–Crippen LogP) is 5.46. The van der Waals surface area contributed by atoms with Crippen molar-refractivity contribution in [2.45, 2.75) is 57.7 Å². The zero-order valence-corrected chi connectivity index (χ0v) is 17.2. The Kier molecular flexibility index (Phi) is 4.58. The fourth-order valence-corrected chi connectivity index (χ4v) is 4.90. The highest BCUT2D eigenvalue weighted by molar-refractivity contribution is 7.99. The van der Waals surface area contributed by atoms with Crippen molar-refractivity contribution in [3.8, 4) is 11.5 Å². The summed E-state index contributed by atoms with van der Waals surface area (Å²) in [6, 6.07) is 8.11. The average molecular weight is 383 g/mol. The molecule has 2 heterocycles. The Bertz CT molecular complexity index is 978. The summed E-state index contributed by atoms with van der Waals surface area (Å²) < 4.78 is 6.51. The van der Waals surface area contributed by atoms with Crippen LogP contribution >= 0.6 is 11.8 Å². The van der Waals surface area contributed by atoms with E-state index in [9.17, 15) is 5.11 Å². The van der Waals surface area contributed by atoms with E-state index in [0.29, 0.717) is 5.75 Å². The van der Waals surface area contributed by atoms with Gasteiger partial charge in [-0.3, -0.25) is 0 Å². The smallest absolute Gasteiger partial charge is 0.166 e. The minimum atomic E-state index is -0.188. The van der Waals surface area contributed by atoms with E-state index < -0.39 is 0 Å². The molecule has 27 heavy (non-hydrogen) atoms. The maximum absolute atomic E-state index is 10.3. The van der Waals surface area contributed by atoms with Crippen LogP contribution in [-0.2, 0) is 6.42 Å². The van der Waals surface area contributed by atoms with Crippen molar-refractivity contribution >= 4 is 22.8 Å². The number of thioether (sulfide) groups is 1. The molecule has 4 nitrogen and oxygen atoms in total. The van der Waals surface area contributed by atoms with Crippen molar-refractivity contribution in [1.82, 2.24) is 9.97 Å². The summed E-state index contributed by atoms with van der Waals surface area (Å²) in [7, 11) is 0. The van der Waals surface area contributed by atoms with E-state index >= 15 is 0 Å². The van der Waals surface area contributed by atoms with Gasteiger partial charge in [-0.15, -0.1) is 0 Å². The van der Waals surface area contributed by atoms with Crippen LogP contribution in [0.15, 0.2) is 29.4 Å². The number of para-hydroxylation sites is 2. The zero-order chi connectivity index (χ0) is 19.2. The second-order valence-corrected chi connectivity index (χ2v) is 8.82. The molecule has 1 aromatic heterocycles. The van der Waals surface area contributed by atoms with Crippen LogP contribution in [0.1, 0.15) is 42.0 Å². The number of aromatic nitrogens is 2. The third-order valence-corrected chi connectivity index (χ3v) is 6.70. The van der Waals surface area contributed by atoms with E-state index in [0.717, 1.165) is 69.2 Å². The Morgan fingerprint density at radius 3 is 2.74 bits per heavy atom. The number of nitrogens with one attached hydrogen (secondary N) is 1. The molecule has 1 aliphatic heterocycles. The lowest BCUT2D eigenvalue weighted by molar-refractivity contribution is 0.0610. The van der Waals surface area contributed by atoms with Gasteiger partial charge in [0.25, 0.3) is 0 Å². The standard InChI is InChI=1S/C22H26N2O2S/c1-13-14(2)20-16(15(3)19(13)25)9-10-22(4,26-20)11-12-27-21-23-17-7-5-6-8-18(17)24-21/h5-8,25H,9-12H2,1-4H3,(H,23,24). The summed E-state index contributed by atoms with van der Waals surface area (Å²) in [6.07, 6.45) is 2.86. The predicted molar refractivity (Wildman–Crippen MR) is 111 cm³/mol. The van der Waals surface area contributed by atoms with Crippen LogP contribution in [0.2, 0.25) is 0 Å². The summed E-state index contributed by atoms with van der Waals surface area (Å²) in [5.41, 5.74) is 6.01. The van der Waals surface area contributed by atoms with Gasteiger partial charge in [0.1, 0.15) is 17.1 Å². The second kappa shape index (κ2) is 6.79. The molecular formula is C22H26N2O2S.